The molecule has 0 spiro atoms. The molecule has 0 radical (unpaired) electrons. The molecule has 0 saturated heterocycles. The summed E-state index contributed by atoms with van der Waals surface area (Å²) in [4.78, 5) is 12.9. The maximum absolute atomic E-state index is 13.8. The van der Waals surface area contributed by atoms with Crippen molar-refractivity contribution < 1.29 is 9.50 Å². The summed E-state index contributed by atoms with van der Waals surface area (Å²) in [5.74, 6) is 0.608. The zero-order chi connectivity index (χ0) is 18.5. The summed E-state index contributed by atoms with van der Waals surface area (Å²) in [7, 11) is 0. The smallest absolute Gasteiger partial charge is 0.225 e. The monoisotopic (exact) mass is 353 g/mol. The van der Waals surface area contributed by atoms with Gasteiger partial charge >= 0.3 is 0 Å². The maximum Gasteiger partial charge on any atom is 0.225 e. The second-order valence-corrected chi connectivity index (χ2v) is 5.96. The lowest BCUT2D eigenvalue weighted by atomic mass is 10.1. The molecule has 0 amide bonds. The number of anilines is 3. The third-order valence-corrected chi connectivity index (χ3v) is 3.88. The molecule has 2 aromatic heterocycles. The Labute approximate surface area is 151 Å². The first-order valence-electron chi connectivity index (χ1n) is 8.26. The normalized spacial score (nSPS) is 11.8. The Morgan fingerprint density at radius 3 is 2.65 bits per heavy atom. The summed E-state index contributed by atoms with van der Waals surface area (Å²) in [6.45, 7) is 3.48. The number of pyridine rings is 1. The van der Waals surface area contributed by atoms with Gasteiger partial charge in [-0.1, -0.05) is 6.07 Å². The number of hydrogen-bond donors (Lipinski definition) is 3. The molecule has 6 nitrogen and oxygen atoms in total. The minimum absolute atomic E-state index is 0.0470. The minimum atomic E-state index is -0.286. The van der Waals surface area contributed by atoms with Crippen molar-refractivity contribution in [1.29, 1.82) is 0 Å². The van der Waals surface area contributed by atoms with E-state index < -0.39 is 0 Å². The van der Waals surface area contributed by atoms with Gasteiger partial charge in [-0.3, -0.25) is 4.98 Å². The molecule has 2 heterocycles. The first kappa shape index (κ1) is 17.8. The maximum atomic E-state index is 13.8. The van der Waals surface area contributed by atoms with Gasteiger partial charge in [0.25, 0.3) is 0 Å². The van der Waals surface area contributed by atoms with E-state index in [4.69, 9.17) is 0 Å². The van der Waals surface area contributed by atoms with E-state index >= 15 is 0 Å². The van der Waals surface area contributed by atoms with Crippen LogP contribution in [0.15, 0.2) is 48.8 Å². The summed E-state index contributed by atoms with van der Waals surface area (Å²) < 4.78 is 13.8. The van der Waals surface area contributed by atoms with Crippen LogP contribution < -0.4 is 10.6 Å². The number of halogens is 1. The van der Waals surface area contributed by atoms with Crippen molar-refractivity contribution in [2.24, 2.45) is 0 Å². The standard InChI is InChI=1S/C19H20FN5O/c1-12(11-26)22-19-24-17(14-6-8-21-9-7-14)10-18(25-19)23-16-5-3-4-15(20)13(16)2/h3-10,12,26H,11H2,1-2H3,(H2,22,23,24,25)/t12-/m0/s1. The first-order valence-corrected chi connectivity index (χ1v) is 8.26. The molecule has 0 aliphatic rings. The fraction of sp³-hybridized carbons (Fsp3) is 0.211. The van der Waals surface area contributed by atoms with E-state index in [0.29, 0.717) is 28.7 Å². The summed E-state index contributed by atoms with van der Waals surface area (Å²) in [6, 6.07) is 10.1. The fourth-order valence-corrected chi connectivity index (χ4v) is 2.39. The lowest BCUT2D eigenvalue weighted by Crippen LogP contribution is -2.21. The lowest BCUT2D eigenvalue weighted by Gasteiger charge is -2.15. The highest BCUT2D eigenvalue weighted by Crippen LogP contribution is 2.25. The molecule has 0 aliphatic heterocycles. The predicted octanol–water partition coefficient (Wildman–Crippen LogP) is 3.52. The molecule has 0 aliphatic carbocycles. The van der Waals surface area contributed by atoms with E-state index in [0.717, 1.165) is 5.56 Å². The number of rotatable bonds is 6. The van der Waals surface area contributed by atoms with Crippen molar-refractivity contribution >= 4 is 17.5 Å². The Kier molecular flexibility index (Phi) is 5.38. The molecule has 1 aromatic carbocycles. The van der Waals surface area contributed by atoms with Crippen molar-refractivity contribution in [3.8, 4) is 11.3 Å². The number of nitrogens with zero attached hydrogens (tertiary/aromatic N) is 3. The van der Waals surface area contributed by atoms with Crippen molar-refractivity contribution in [2.45, 2.75) is 19.9 Å². The average Bonchev–Trinajstić information content (AvgIpc) is 2.66. The van der Waals surface area contributed by atoms with Crippen LogP contribution in [0.4, 0.5) is 21.8 Å². The Morgan fingerprint density at radius 2 is 1.92 bits per heavy atom. The quantitative estimate of drug-likeness (QED) is 0.629. The minimum Gasteiger partial charge on any atom is -0.394 e. The van der Waals surface area contributed by atoms with Gasteiger partial charge in [0.1, 0.15) is 11.6 Å². The van der Waals surface area contributed by atoms with E-state index in [2.05, 4.69) is 25.6 Å². The molecule has 3 N–H and O–H groups in total. The van der Waals surface area contributed by atoms with Crippen LogP contribution in [-0.4, -0.2) is 32.7 Å². The van der Waals surface area contributed by atoms with E-state index in [-0.39, 0.29) is 18.5 Å². The molecule has 3 rings (SSSR count). The number of hydrogen-bond acceptors (Lipinski definition) is 6. The highest BCUT2D eigenvalue weighted by Gasteiger charge is 2.11. The summed E-state index contributed by atoms with van der Waals surface area (Å²) in [5, 5.41) is 15.5. The van der Waals surface area contributed by atoms with Gasteiger partial charge in [0.2, 0.25) is 5.95 Å². The van der Waals surface area contributed by atoms with Gasteiger partial charge in [-0.15, -0.1) is 0 Å². The van der Waals surface area contributed by atoms with Gasteiger partial charge in [-0.25, -0.2) is 9.37 Å². The van der Waals surface area contributed by atoms with Gasteiger partial charge in [0, 0.05) is 41.3 Å². The molecular weight excluding hydrogens is 333 g/mol. The van der Waals surface area contributed by atoms with Crippen molar-refractivity contribution in [1.82, 2.24) is 15.0 Å². The second kappa shape index (κ2) is 7.88. The molecule has 3 aromatic rings. The van der Waals surface area contributed by atoms with Crippen LogP contribution in [-0.2, 0) is 0 Å². The van der Waals surface area contributed by atoms with Crippen LogP contribution in [0.25, 0.3) is 11.3 Å². The van der Waals surface area contributed by atoms with Gasteiger partial charge in [-0.05, 0) is 38.1 Å². The molecule has 26 heavy (non-hydrogen) atoms. The van der Waals surface area contributed by atoms with E-state index in [9.17, 15) is 9.50 Å². The first-order chi connectivity index (χ1) is 12.6. The molecule has 0 unspecified atom stereocenters. The SMILES string of the molecule is Cc1c(F)cccc1Nc1cc(-c2ccncc2)nc(N[C@@H](C)CO)n1. The topological polar surface area (TPSA) is 83.0 Å². The summed E-state index contributed by atoms with van der Waals surface area (Å²) in [6.07, 6.45) is 3.37. The van der Waals surface area contributed by atoms with E-state index in [1.54, 1.807) is 37.5 Å². The van der Waals surface area contributed by atoms with E-state index in [1.165, 1.54) is 6.07 Å². The van der Waals surface area contributed by atoms with Gasteiger partial charge in [-0.2, -0.15) is 4.98 Å². The van der Waals surface area contributed by atoms with Crippen molar-refractivity contribution in [2.75, 3.05) is 17.2 Å². The van der Waals surface area contributed by atoms with Crippen LogP contribution in [0.3, 0.4) is 0 Å². The third-order valence-electron chi connectivity index (χ3n) is 3.88. The molecule has 134 valence electrons. The highest BCUT2D eigenvalue weighted by molar-refractivity contribution is 5.68. The van der Waals surface area contributed by atoms with Crippen LogP contribution >= 0.6 is 0 Å². The summed E-state index contributed by atoms with van der Waals surface area (Å²) in [5.41, 5.74) is 2.70. The van der Waals surface area contributed by atoms with E-state index in [1.807, 2.05) is 19.1 Å². The lowest BCUT2D eigenvalue weighted by molar-refractivity contribution is 0.281. The number of benzene rings is 1. The van der Waals surface area contributed by atoms with Crippen LogP contribution in [0, 0.1) is 12.7 Å². The largest absolute Gasteiger partial charge is 0.394 e. The van der Waals surface area contributed by atoms with Crippen LogP contribution in [0.1, 0.15) is 12.5 Å². The highest BCUT2D eigenvalue weighted by atomic mass is 19.1. The molecule has 0 bridgehead atoms. The molecule has 0 saturated carbocycles. The molecule has 1 atom stereocenters. The Bertz CT molecular complexity index is 888. The Hall–Kier alpha value is -3.06. The second-order valence-electron chi connectivity index (χ2n) is 5.96. The Morgan fingerprint density at radius 1 is 1.15 bits per heavy atom. The number of aliphatic hydroxyl groups excluding tert-OH is 1. The van der Waals surface area contributed by atoms with Crippen molar-refractivity contribution in [3.05, 3.63) is 60.2 Å². The average molecular weight is 353 g/mol. The molecule has 0 fully saturated rings. The van der Waals surface area contributed by atoms with Crippen molar-refractivity contribution in [3.63, 3.8) is 0 Å². The zero-order valence-corrected chi connectivity index (χ0v) is 14.6. The number of aromatic nitrogens is 3. The van der Waals surface area contributed by atoms with Gasteiger partial charge < -0.3 is 15.7 Å². The van der Waals surface area contributed by atoms with Gasteiger partial charge in [0.15, 0.2) is 0 Å². The number of aliphatic hydroxyl groups is 1. The summed E-state index contributed by atoms with van der Waals surface area (Å²) >= 11 is 0. The fourth-order valence-electron chi connectivity index (χ4n) is 2.39. The molecule has 7 heteroatoms. The van der Waals surface area contributed by atoms with Gasteiger partial charge in [0.05, 0.1) is 12.3 Å². The Balaban J connectivity index is 2.00. The van der Waals surface area contributed by atoms with Crippen LogP contribution in [0.5, 0.6) is 0 Å². The predicted molar refractivity (Wildman–Crippen MR) is 99.9 cm³/mol. The van der Waals surface area contributed by atoms with Crippen LogP contribution in [0.2, 0.25) is 0 Å². The third kappa shape index (κ3) is 4.12. The number of nitrogens with one attached hydrogen (secondary N) is 2. The molecular formula is C19H20FN5O. The zero-order valence-electron chi connectivity index (χ0n) is 14.6.